The molecule has 48 heavy (non-hydrogen) atoms. The number of amides is 2. The molecule has 2 amide bonds. The van der Waals surface area contributed by atoms with Crippen molar-refractivity contribution in [2.24, 2.45) is 5.41 Å². The van der Waals surface area contributed by atoms with Crippen molar-refractivity contribution < 1.29 is 49.8 Å². The van der Waals surface area contributed by atoms with Gasteiger partial charge in [0.15, 0.2) is 6.10 Å². The highest BCUT2D eigenvalue weighted by molar-refractivity contribution is 5.73. The molecule has 3 fully saturated rings. The highest BCUT2D eigenvalue weighted by atomic mass is 19.1. The second-order valence-electron chi connectivity index (χ2n) is 12.8. The SMILES string of the molecule is COC(=O)N1CCc2c(nc(C)n2C2CC3N(CCC[C@H](NC(C)=O)c4cccc(F)c4)C4CCC43C2)C1.O=C(O)[C@H](O)CO.O=C=O.[HH]. The normalized spacial score (nSPS) is 24.6. The predicted molar refractivity (Wildman–Crippen MR) is 168 cm³/mol. The van der Waals surface area contributed by atoms with Crippen molar-refractivity contribution in [1.29, 1.82) is 0 Å². The standard InChI is InChI=1S/C29H38FN5O3.C3H6O4.CO2.H2/c1-18-31-24-17-33(28(37)38-3)13-10-25(24)35(18)22-15-27-29(16-22)11-9-26(29)34(27)12-5-8-23(32-19(2)36)20-6-4-7-21(30)14-20;4-1-2(5)3(6)7;2-1-3;/h4,6-7,14,22-23,26-27H,5,8-13,15-17H2,1-3H3,(H,32,36);2,4-5H,1H2,(H,6,7);;1H/t22?,23-,26?,27?,29?;2-;;/m01../s1. The summed E-state index contributed by atoms with van der Waals surface area (Å²) in [6.07, 6.45) is 5.82. The van der Waals surface area contributed by atoms with Crippen molar-refractivity contribution >= 4 is 24.1 Å². The summed E-state index contributed by atoms with van der Waals surface area (Å²) in [5.41, 5.74) is 3.56. The highest BCUT2D eigenvalue weighted by Gasteiger charge is 2.69. The number of likely N-dealkylation sites (tertiary alicyclic amines) is 1. The van der Waals surface area contributed by atoms with Crippen LogP contribution < -0.4 is 5.32 Å². The van der Waals surface area contributed by atoms with Crippen LogP contribution in [0.2, 0.25) is 0 Å². The summed E-state index contributed by atoms with van der Waals surface area (Å²) in [6.45, 7) is 5.09. The molecule has 2 aliphatic heterocycles. The number of aryl methyl sites for hydroxylation is 1. The van der Waals surface area contributed by atoms with Gasteiger partial charge in [0, 0.05) is 50.6 Å². The third-order valence-corrected chi connectivity index (χ3v) is 10.1. The number of nitrogens with zero attached hydrogens (tertiary/aromatic N) is 4. The number of carboxylic acid groups (broad SMARTS) is 1. The second kappa shape index (κ2) is 15.8. The van der Waals surface area contributed by atoms with Gasteiger partial charge in [0.1, 0.15) is 11.6 Å². The van der Waals surface area contributed by atoms with Crippen molar-refractivity contribution in [3.05, 3.63) is 52.9 Å². The maximum Gasteiger partial charge on any atom is 0.409 e. The average molecular weight is 676 g/mol. The zero-order chi connectivity index (χ0) is 35.2. The number of methoxy groups -OCH3 is 1. The molecule has 0 radical (unpaired) electrons. The Bertz CT molecular complexity index is 1520. The average Bonchev–Trinajstić information content (AvgIpc) is 3.59. The number of piperidine rings is 1. The number of aliphatic hydroxyl groups is 2. The van der Waals surface area contributed by atoms with E-state index < -0.39 is 18.7 Å². The molecule has 6 atom stereocenters. The Kier molecular flexibility index (Phi) is 12.1. The fourth-order valence-electron chi connectivity index (χ4n) is 8.18. The van der Waals surface area contributed by atoms with Crippen LogP contribution >= 0.6 is 0 Å². The van der Waals surface area contributed by atoms with Gasteiger partial charge in [-0.1, -0.05) is 12.1 Å². The van der Waals surface area contributed by atoms with Gasteiger partial charge >= 0.3 is 18.2 Å². The molecular formula is C33H46FN5O9. The molecule has 3 heterocycles. The highest BCUT2D eigenvalue weighted by Crippen LogP contribution is 2.67. The van der Waals surface area contributed by atoms with Gasteiger partial charge in [0.05, 0.1) is 32.0 Å². The second-order valence-corrected chi connectivity index (χ2v) is 12.8. The van der Waals surface area contributed by atoms with Crippen LogP contribution in [0.15, 0.2) is 24.3 Å². The van der Waals surface area contributed by atoms with E-state index in [9.17, 15) is 18.8 Å². The predicted octanol–water partition coefficient (Wildman–Crippen LogP) is 2.37. The van der Waals surface area contributed by atoms with E-state index in [1.165, 1.54) is 51.1 Å². The van der Waals surface area contributed by atoms with Gasteiger partial charge < -0.3 is 34.8 Å². The van der Waals surface area contributed by atoms with Crippen molar-refractivity contribution in [3.8, 4) is 0 Å². The number of carbonyl (C=O) groups is 3. The van der Waals surface area contributed by atoms with Gasteiger partial charge in [-0.25, -0.2) is 19.0 Å². The minimum Gasteiger partial charge on any atom is -0.479 e. The molecule has 1 saturated heterocycles. The largest absolute Gasteiger partial charge is 0.479 e. The lowest BCUT2D eigenvalue weighted by Crippen LogP contribution is -2.74. The molecule has 1 aromatic carbocycles. The molecule has 4 unspecified atom stereocenters. The minimum absolute atomic E-state index is 0. The zero-order valence-electron chi connectivity index (χ0n) is 27.4. The smallest absolute Gasteiger partial charge is 0.409 e. The van der Waals surface area contributed by atoms with E-state index in [4.69, 9.17) is 34.6 Å². The Labute approximate surface area is 279 Å². The molecule has 14 nitrogen and oxygen atoms in total. The van der Waals surface area contributed by atoms with Gasteiger partial charge in [-0.05, 0) is 69.7 Å². The molecular weight excluding hydrogens is 629 g/mol. The third-order valence-electron chi connectivity index (χ3n) is 10.1. The summed E-state index contributed by atoms with van der Waals surface area (Å²) < 4.78 is 21.3. The maximum absolute atomic E-state index is 13.8. The van der Waals surface area contributed by atoms with Crippen molar-refractivity contribution in [1.82, 2.24) is 24.7 Å². The van der Waals surface area contributed by atoms with E-state index in [-0.39, 0.29) is 31.4 Å². The van der Waals surface area contributed by atoms with E-state index in [0.29, 0.717) is 36.6 Å². The minimum atomic E-state index is -1.63. The number of halogens is 1. The van der Waals surface area contributed by atoms with Gasteiger partial charge in [0.25, 0.3) is 0 Å². The zero-order valence-corrected chi connectivity index (χ0v) is 27.4. The molecule has 264 valence electrons. The molecule has 2 aromatic rings. The molecule has 15 heteroatoms. The number of rotatable bonds is 9. The number of hydrogen-bond donors (Lipinski definition) is 4. The van der Waals surface area contributed by atoms with Gasteiger partial charge in [-0.2, -0.15) is 9.59 Å². The van der Waals surface area contributed by atoms with E-state index >= 15 is 0 Å². The van der Waals surface area contributed by atoms with Crippen LogP contribution in [0.3, 0.4) is 0 Å². The maximum atomic E-state index is 13.8. The number of fused-ring (bicyclic) bond motifs is 1. The summed E-state index contributed by atoms with van der Waals surface area (Å²) in [4.78, 5) is 59.0. The molecule has 1 spiro atoms. The summed E-state index contributed by atoms with van der Waals surface area (Å²) in [7, 11) is 1.43. The molecule has 4 N–H and O–H groups in total. The number of imidazole rings is 1. The first kappa shape index (κ1) is 36.7. The summed E-state index contributed by atoms with van der Waals surface area (Å²) >= 11 is 0. The first-order valence-corrected chi connectivity index (χ1v) is 16.1. The summed E-state index contributed by atoms with van der Waals surface area (Å²) in [5, 5.41) is 26.8. The lowest BCUT2D eigenvalue weighted by molar-refractivity contribution is -0.191. The van der Waals surface area contributed by atoms with Crippen LogP contribution in [0.1, 0.15) is 81.7 Å². The first-order chi connectivity index (χ1) is 22.9. The molecule has 4 aliphatic rings. The van der Waals surface area contributed by atoms with Crippen molar-refractivity contribution in [2.75, 3.05) is 26.8 Å². The Morgan fingerprint density at radius 3 is 2.56 bits per heavy atom. The number of nitrogens with one attached hydrogen (secondary N) is 1. The van der Waals surface area contributed by atoms with Crippen LogP contribution in [0.25, 0.3) is 0 Å². The Morgan fingerprint density at radius 2 is 2.00 bits per heavy atom. The van der Waals surface area contributed by atoms with Crippen LogP contribution in [0.4, 0.5) is 9.18 Å². The van der Waals surface area contributed by atoms with Crippen LogP contribution in [0, 0.1) is 18.2 Å². The van der Waals surface area contributed by atoms with Crippen molar-refractivity contribution in [3.63, 3.8) is 0 Å². The first-order valence-electron chi connectivity index (χ1n) is 16.1. The van der Waals surface area contributed by atoms with Crippen LogP contribution in [-0.4, -0.2) is 104 Å². The topological polar surface area (TPSA) is 192 Å². The Balaban J connectivity index is 0.000000522. The number of aliphatic hydroxyl groups excluding tert-OH is 2. The Hall–Kier alpha value is -4.17. The lowest BCUT2D eigenvalue weighted by Gasteiger charge is -2.68. The summed E-state index contributed by atoms with van der Waals surface area (Å²) in [6, 6.07) is 8.10. The number of benzene rings is 1. The van der Waals surface area contributed by atoms with E-state index in [2.05, 4.69) is 21.7 Å². The summed E-state index contributed by atoms with van der Waals surface area (Å²) in [5.74, 6) is -0.706. The monoisotopic (exact) mass is 675 g/mol. The molecule has 2 aliphatic carbocycles. The number of carbonyl (C=O) groups excluding carboxylic acids is 4. The quantitative estimate of drug-likeness (QED) is 0.305. The van der Waals surface area contributed by atoms with Gasteiger partial charge in [-0.3, -0.25) is 9.69 Å². The fourth-order valence-corrected chi connectivity index (χ4v) is 8.18. The van der Waals surface area contributed by atoms with Crippen LogP contribution in [-0.2, 0) is 36.9 Å². The molecule has 0 bridgehead atoms. The van der Waals surface area contributed by atoms with E-state index in [1.807, 2.05) is 6.07 Å². The van der Waals surface area contributed by atoms with Crippen molar-refractivity contribution in [2.45, 2.75) is 95.6 Å². The lowest BCUT2D eigenvalue weighted by atomic mass is 9.53. The third kappa shape index (κ3) is 7.59. The number of hydrogen-bond acceptors (Lipinski definition) is 10. The number of ether oxygens (including phenoxy) is 1. The van der Waals surface area contributed by atoms with Crippen LogP contribution in [0.5, 0.6) is 0 Å². The van der Waals surface area contributed by atoms with E-state index in [1.54, 1.807) is 11.0 Å². The van der Waals surface area contributed by atoms with E-state index in [0.717, 1.165) is 49.3 Å². The molecule has 1 aromatic heterocycles. The number of aliphatic carboxylic acids is 1. The molecule has 2 saturated carbocycles. The number of aromatic nitrogens is 2. The molecule has 6 rings (SSSR count). The fraction of sp³-hybridized carbons (Fsp3) is 0.606. The van der Waals surface area contributed by atoms with Gasteiger partial charge in [0.2, 0.25) is 5.91 Å². The van der Waals surface area contributed by atoms with Gasteiger partial charge in [-0.15, -0.1) is 0 Å². The Morgan fingerprint density at radius 1 is 1.27 bits per heavy atom. The number of carboxylic acids is 1.